The van der Waals surface area contributed by atoms with Gasteiger partial charge < -0.3 is 10.2 Å². The summed E-state index contributed by atoms with van der Waals surface area (Å²) in [4.78, 5) is 14.8. The molecule has 0 unspecified atom stereocenters. The summed E-state index contributed by atoms with van der Waals surface area (Å²) < 4.78 is 1.97. The summed E-state index contributed by atoms with van der Waals surface area (Å²) in [5.74, 6) is 0.572. The summed E-state index contributed by atoms with van der Waals surface area (Å²) in [6.07, 6.45) is 7.01. The van der Waals surface area contributed by atoms with E-state index in [9.17, 15) is 4.79 Å². The van der Waals surface area contributed by atoms with Crippen LogP contribution >= 0.6 is 12.4 Å². The van der Waals surface area contributed by atoms with E-state index in [4.69, 9.17) is 0 Å². The van der Waals surface area contributed by atoms with Crippen LogP contribution in [-0.2, 0) is 19.5 Å². The highest BCUT2D eigenvalue weighted by Gasteiger charge is 2.29. The lowest BCUT2D eigenvalue weighted by atomic mass is 9.91. The molecule has 2 aromatic heterocycles. The quantitative estimate of drug-likeness (QED) is 0.869. The van der Waals surface area contributed by atoms with Crippen LogP contribution in [0, 0.1) is 0 Å². The number of aryl methyl sites for hydroxylation is 1. The summed E-state index contributed by atoms with van der Waals surface area (Å²) in [7, 11) is 0. The molecule has 7 nitrogen and oxygen atoms in total. The Morgan fingerprint density at radius 1 is 1.36 bits per heavy atom. The van der Waals surface area contributed by atoms with E-state index in [1.165, 1.54) is 5.56 Å². The van der Waals surface area contributed by atoms with Gasteiger partial charge >= 0.3 is 0 Å². The molecule has 1 fully saturated rings. The highest BCUT2D eigenvalue weighted by Crippen LogP contribution is 2.29. The van der Waals surface area contributed by atoms with Crippen molar-refractivity contribution in [2.24, 2.45) is 0 Å². The fourth-order valence-electron chi connectivity index (χ4n) is 3.73. The van der Waals surface area contributed by atoms with Crippen molar-refractivity contribution in [2.45, 2.75) is 45.2 Å². The van der Waals surface area contributed by atoms with Crippen molar-refractivity contribution in [1.82, 2.24) is 30.2 Å². The third-order valence-electron chi connectivity index (χ3n) is 5.24. The Morgan fingerprint density at radius 2 is 2.16 bits per heavy atom. The number of aromatic amines is 1. The van der Waals surface area contributed by atoms with Crippen molar-refractivity contribution in [3.63, 3.8) is 0 Å². The first-order valence-electron chi connectivity index (χ1n) is 8.84. The Labute approximate surface area is 153 Å². The molecule has 0 atom stereocenters. The molecule has 0 aromatic carbocycles. The second-order valence-corrected chi connectivity index (χ2v) is 6.65. The zero-order chi connectivity index (χ0) is 16.5. The van der Waals surface area contributed by atoms with Gasteiger partial charge in [0.25, 0.3) is 5.91 Å². The number of halogens is 1. The average molecular weight is 365 g/mol. The van der Waals surface area contributed by atoms with Gasteiger partial charge in [0.1, 0.15) is 0 Å². The normalized spacial score (nSPS) is 17.9. The highest BCUT2D eigenvalue weighted by molar-refractivity contribution is 5.94. The van der Waals surface area contributed by atoms with Gasteiger partial charge in [-0.1, -0.05) is 0 Å². The number of amides is 1. The van der Waals surface area contributed by atoms with E-state index in [2.05, 4.69) is 33.7 Å². The number of likely N-dealkylation sites (tertiary alicyclic amines) is 1. The van der Waals surface area contributed by atoms with Crippen LogP contribution in [0.25, 0.3) is 0 Å². The molecular formula is C17H25ClN6O. The van der Waals surface area contributed by atoms with Crippen LogP contribution in [0.5, 0.6) is 0 Å². The molecule has 1 amide bonds. The number of hydrogen-bond donors (Lipinski definition) is 2. The van der Waals surface area contributed by atoms with Crippen molar-refractivity contribution in [3.8, 4) is 0 Å². The molecule has 1 saturated heterocycles. The number of aromatic nitrogens is 4. The minimum Gasteiger partial charge on any atom is -0.337 e. The topological polar surface area (TPSA) is 78.8 Å². The summed E-state index contributed by atoms with van der Waals surface area (Å²) in [6.45, 7) is 6.25. The number of rotatable bonds is 3. The van der Waals surface area contributed by atoms with Gasteiger partial charge in [0.05, 0.1) is 6.20 Å². The molecule has 0 saturated carbocycles. The van der Waals surface area contributed by atoms with Crippen LogP contribution < -0.4 is 5.32 Å². The number of nitrogens with one attached hydrogen (secondary N) is 2. The minimum absolute atomic E-state index is 0. The van der Waals surface area contributed by atoms with E-state index < -0.39 is 0 Å². The van der Waals surface area contributed by atoms with Gasteiger partial charge in [-0.15, -0.1) is 12.4 Å². The molecule has 136 valence electrons. The summed E-state index contributed by atoms with van der Waals surface area (Å²) >= 11 is 0. The van der Waals surface area contributed by atoms with Gasteiger partial charge in [-0.05, 0) is 31.2 Å². The summed E-state index contributed by atoms with van der Waals surface area (Å²) in [6, 6.07) is 0. The van der Waals surface area contributed by atoms with Crippen molar-refractivity contribution in [2.75, 3.05) is 19.6 Å². The second-order valence-electron chi connectivity index (χ2n) is 6.65. The molecule has 0 aliphatic carbocycles. The Morgan fingerprint density at radius 3 is 2.88 bits per heavy atom. The van der Waals surface area contributed by atoms with Gasteiger partial charge in [-0.25, -0.2) is 0 Å². The third kappa shape index (κ3) is 3.43. The lowest BCUT2D eigenvalue weighted by molar-refractivity contribution is 0.0705. The van der Waals surface area contributed by atoms with Gasteiger partial charge in [-0.2, -0.15) is 10.2 Å². The van der Waals surface area contributed by atoms with Crippen molar-refractivity contribution in [3.05, 3.63) is 34.9 Å². The van der Waals surface area contributed by atoms with E-state index in [0.29, 0.717) is 11.6 Å². The first-order valence-corrected chi connectivity index (χ1v) is 8.84. The average Bonchev–Trinajstić information content (AvgIpc) is 3.28. The van der Waals surface area contributed by atoms with E-state index in [0.717, 1.165) is 63.2 Å². The molecule has 4 heterocycles. The van der Waals surface area contributed by atoms with Gasteiger partial charge in [-0.3, -0.25) is 14.6 Å². The molecule has 2 aromatic rings. The Bertz CT molecular complexity index is 731. The van der Waals surface area contributed by atoms with Crippen molar-refractivity contribution in [1.29, 1.82) is 0 Å². The number of fused-ring (bicyclic) bond motifs is 1. The zero-order valence-electron chi connectivity index (χ0n) is 14.5. The fourth-order valence-corrected chi connectivity index (χ4v) is 3.73. The monoisotopic (exact) mass is 364 g/mol. The standard InChI is InChI=1S/C17H24N6O.ClH/c1-2-23-11-13(9-19-23)12-4-7-22(8-5-12)17(24)16-14-10-18-6-3-15(14)20-21-16;/h9,11-12,18H,2-8,10H2,1H3,(H,20,21);1H. The molecule has 4 rings (SSSR count). The van der Waals surface area contributed by atoms with Crippen LogP contribution in [-0.4, -0.2) is 50.4 Å². The lowest BCUT2D eigenvalue weighted by Crippen LogP contribution is -2.39. The van der Waals surface area contributed by atoms with Gasteiger partial charge in [0.2, 0.25) is 0 Å². The van der Waals surface area contributed by atoms with Gasteiger partial charge in [0, 0.05) is 56.6 Å². The summed E-state index contributed by atoms with van der Waals surface area (Å²) in [5, 5.41) is 15.0. The van der Waals surface area contributed by atoms with Crippen molar-refractivity contribution >= 4 is 18.3 Å². The Kier molecular flexibility index (Phi) is 5.44. The molecule has 0 radical (unpaired) electrons. The van der Waals surface area contributed by atoms with Crippen LogP contribution in [0.4, 0.5) is 0 Å². The molecule has 25 heavy (non-hydrogen) atoms. The molecule has 2 N–H and O–H groups in total. The smallest absolute Gasteiger partial charge is 0.274 e. The molecule has 2 aliphatic heterocycles. The number of H-pyrrole nitrogens is 1. The van der Waals surface area contributed by atoms with Crippen molar-refractivity contribution < 1.29 is 4.79 Å². The van der Waals surface area contributed by atoms with Crippen LogP contribution in [0.3, 0.4) is 0 Å². The van der Waals surface area contributed by atoms with E-state index in [1.54, 1.807) is 0 Å². The number of carbonyl (C=O) groups is 1. The molecule has 8 heteroatoms. The predicted molar refractivity (Wildman–Crippen MR) is 97.0 cm³/mol. The highest BCUT2D eigenvalue weighted by atomic mass is 35.5. The third-order valence-corrected chi connectivity index (χ3v) is 5.24. The fraction of sp³-hybridized carbons (Fsp3) is 0.588. The Hall–Kier alpha value is -1.86. The molecule has 0 spiro atoms. The first kappa shape index (κ1) is 17.9. The maximum absolute atomic E-state index is 12.8. The zero-order valence-corrected chi connectivity index (χ0v) is 15.3. The maximum atomic E-state index is 12.8. The van der Waals surface area contributed by atoms with Crippen LogP contribution in [0.2, 0.25) is 0 Å². The van der Waals surface area contributed by atoms with Crippen LogP contribution in [0.1, 0.15) is 53.0 Å². The minimum atomic E-state index is 0. The van der Waals surface area contributed by atoms with E-state index in [-0.39, 0.29) is 18.3 Å². The molecule has 2 aliphatic rings. The number of nitrogens with zero attached hydrogens (tertiary/aromatic N) is 4. The Balaban J connectivity index is 0.00000182. The number of carbonyl (C=O) groups excluding carboxylic acids is 1. The summed E-state index contributed by atoms with van der Waals surface area (Å²) in [5.41, 5.74) is 4.07. The number of hydrogen-bond acceptors (Lipinski definition) is 4. The van der Waals surface area contributed by atoms with E-state index in [1.807, 2.05) is 15.8 Å². The predicted octanol–water partition coefficient (Wildman–Crippen LogP) is 1.71. The van der Waals surface area contributed by atoms with E-state index >= 15 is 0 Å². The van der Waals surface area contributed by atoms with Gasteiger partial charge in [0.15, 0.2) is 5.69 Å². The van der Waals surface area contributed by atoms with Crippen LogP contribution in [0.15, 0.2) is 12.4 Å². The lowest BCUT2D eigenvalue weighted by Gasteiger charge is -2.31. The largest absolute Gasteiger partial charge is 0.337 e. The molecule has 0 bridgehead atoms. The SMILES string of the molecule is CCn1cc(C2CCN(C(=O)c3n[nH]c4c3CNCC4)CC2)cn1.Cl. The number of piperidine rings is 1. The molecular weight excluding hydrogens is 340 g/mol. The first-order chi connectivity index (χ1) is 11.8. The second kappa shape index (κ2) is 7.58. The maximum Gasteiger partial charge on any atom is 0.274 e.